The van der Waals surface area contributed by atoms with Gasteiger partial charge in [-0.15, -0.1) is 0 Å². The minimum atomic E-state index is -1.13. The van der Waals surface area contributed by atoms with Crippen LogP contribution in [0, 0.1) is 27.6 Å². The fraction of sp³-hybridized carbons (Fsp3) is 0. The van der Waals surface area contributed by atoms with Crippen molar-refractivity contribution < 1.29 is 22.8 Å². The van der Waals surface area contributed by atoms with Crippen molar-refractivity contribution in [1.82, 2.24) is 0 Å². The van der Waals surface area contributed by atoms with Gasteiger partial charge in [0.1, 0.15) is 11.6 Å². The highest BCUT2D eigenvalue weighted by molar-refractivity contribution is 9.10. The van der Waals surface area contributed by atoms with Crippen molar-refractivity contribution in [1.29, 1.82) is 0 Å². The van der Waals surface area contributed by atoms with Crippen LogP contribution in [0.25, 0.3) is 0 Å². The van der Waals surface area contributed by atoms with Gasteiger partial charge in [-0.25, -0.2) is 8.78 Å². The van der Waals surface area contributed by atoms with Gasteiger partial charge < -0.3 is 4.74 Å². The Morgan fingerprint density at radius 1 is 1.05 bits per heavy atom. The zero-order valence-electron chi connectivity index (χ0n) is 9.57. The van der Waals surface area contributed by atoms with E-state index in [1.165, 1.54) is 0 Å². The van der Waals surface area contributed by atoms with Crippen molar-refractivity contribution in [2.75, 3.05) is 0 Å². The first-order valence-electron chi connectivity index (χ1n) is 5.15. The first-order chi connectivity index (χ1) is 9.38. The van der Waals surface area contributed by atoms with E-state index in [9.17, 15) is 23.3 Å². The number of nitro benzene ring substituents is 1. The summed E-state index contributed by atoms with van der Waals surface area (Å²) in [4.78, 5) is 9.64. The lowest BCUT2D eigenvalue weighted by molar-refractivity contribution is -0.387. The summed E-state index contributed by atoms with van der Waals surface area (Å²) in [7, 11) is 0. The molecule has 2 rings (SSSR count). The Labute approximate surface area is 119 Å². The molecule has 0 aromatic heterocycles. The van der Waals surface area contributed by atoms with Crippen molar-refractivity contribution >= 4 is 21.6 Å². The third-order valence-electron chi connectivity index (χ3n) is 2.31. The van der Waals surface area contributed by atoms with Gasteiger partial charge in [0.05, 0.1) is 9.40 Å². The minimum Gasteiger partial charge on any atom is -0.453 e. The first-order valence-corrected chi connectivity index (χ1v) is 5.94. The lowest BCUT2D eigenvalue weighted by Crippen LogP contribution is -1.95. The molecule has 0 amide bonds. The molecule has 0 atom stereocenters. The summed E-state index contributed by atoms with van der Waals surface area (Å²) in [5, 5.41) is 10.5. The molecule has 0 N–H and O–H groups in total. The lowest BCUT2D eigenvalue weighted by atomic mass is 10.3. The number of nitro groups is 1. The van der Waals surface area contributed by atoms with Gasteiger partial charge in [-0.2, -0.15) is 4.39 Å². The van der Waals surface area contributed by atoms with Crippen LogP contribution in [0.1, 0.15) is 0 Å². The maximum absolute atomic E-state index is 13.5. The van der Waals surface area contributed by atoms with E-state index in [0.29, 0.717) is 6.07 Å². The van der Waals surface area contributed by atoms with Gasteiger partial charge in [-0.3, -0.25) is 10.1 Å². The van der Waals surface area contributed by atoms with Crippen LogP contribution in [0.4, 0.5) is 18.9 Å². The van der Waals surface area contributed by atoms with E-state index in [4.69, 9.17) is 4.74 Å². The molecule has 0 radical (unpaired) electrons. The summed E-state index contributed by atoms with van der Waals surface area (Å²) < 4.78 is 44.7. The van der Waals surface area contributed by atoms with Crippen LogP contribution in [0.2, 0.25) is 0 Å². The molecule has 0 saturated heterocycles. The minimum absolute atomic E-state index is 0.0642. The zero-order valence-corrected chi connectivity index (χ0v) is 11.2. The third kappa shape index (κ3) is 2.90. The van der Waals surface area contributed by atoms with Crippen LogP contribution in [-0.2, 0) is 0 Å². The van der Waals surface area contributed by atoms with Crippen LogP contribution < -0.4 is 4.74 Å². The lowest BCUT2D eigenvalue weighted by Gasteiger charge is -2.09. The van der Waals surface area contributed by atoms with Crippen LogP contribution in [0.3, 0.4) is 0 Å². The van der Waals surface area contributed by atoms with Crippen molar-refractivity contribution in [2.24, 2.45) is 0 Å². The van der Waals surface area contributed by atoms with E-state index < -0.39 is 28.1 Å². The van der Waals surface area contributed by atoms with Crippen molar-refractivity contribution in [2.45, 2.75) is 0 Å². The number of hydrogen-bond donors (Lipinski definition) is 0. The van der Waals surface area contributed by atoms with E-state index in [-0.39, 0.29) is 16.0 Å². The number of halogens is 4. The van der Waals surface area contributed by atoms with Crippen molar-refractivity contribution in [3.63, 3.8) is 0 Å². The predicted octanol–water partition coefficient (Wildman–Crippen LogP) is 4.57. The number of benzene rings is 2. The van der Waals surface area contributed by atoms with Crippen LogP contribution >= 0.6 is 15.9 Å². The quantitative estimate of drug-likeness (QED) is 0.603. The smallest absolute Gasteiger partial charge is 0.306 e. The topological polar surface area (TPSA) is 52.4 Å². The van der Waals surface area contributed by atoms with Gasteiger partial charge in [0, 0.05) is 18.2 Å². The normalized spacial score (nSPS) is 10.4. The zero-order chi connectivity index (χ0) is 14.9. The summed E-state index contributed by atoms with van der Waals surface area (Å²) >= 11 is 2.95. The van der Waals surface area contributed by atoms with Gasteiger partial charge >= 0.3 is 5.69 Å². The largest absolute Gasteiger partial charge is 0.453 e. The van der Waals surface area contributed by atoms with E-state index in [1.807, 2.05) is 0 Å². The molecule has 0 spiro atoms. The Hall–Kier alpha value is -2.09. The molecule has 0 aliphatic carbocycles. The molecule has 0 aliphatic heterocycles. The summed E-state index contributed by atoms with van der Waals surface area (Å²) in [6, 6.07) is 4.23. The van der Waals surface area contributed by atoms with Crippen LogP contribution in [0.5, 0.6) is 11.5 Å². The second-order valence-corrected chi connectivity index (χ2v) is 4.52. The van der Waals surface area contributed by atoms with Crippen LogP contribution in [0.15, 0.2) is 34.8 Å². The first kappa shape index (κ1) is 14.3. The van der Waals surface area contributed by atoms with Crippen molar-refractivity contribution in [3.05, 3.63) is 62.4 Å². The second-order valence-electron chi connectivity index (χ2n) is 3.67. The molecule has 8 heteroatoms. The second kappa shape index (κ2) is 5.49. The predicted molar refractivity (Wildman–Crippen MR) is 67.2 cm³/mol. The Balaban J connectivity index is 2.39. The van der Waals surface area contributed by atoms with Gasteiger partial charge in [-0.1, -0.05) is 0 Å². The Morgan fingerprint density at radius 3 is 2.35 bits per heavy atom. The Morgan fingerprint density at radius 2 is 1.75 bits per heavy atom. The molecule has 104 valence electrons. The van der Waals surface area contributed by atoms with E-state index in [0.717, 1.165) is 24.3 Å². The van der Waals surface area contributed by atoms with E-state index in [2.05, 4.69) is 15.9 Å². The monoisotopic (exact) mass is 347 g/mol. The molecule has 2 aromatic rings. The summed E-state index contributed by atoms with van der Waals surface area (Å²) in [5.74, 6) is -3.39. The Bertz CT molecular complexity index is 694. The summed E-state index contributed by atoms with van der Waals surface area (Å²) in [6.07, 6.45) is 0. The molecule has 0 fully saturated rings. The molecule has 20 heavy (non-hydrogen) atoms. The number of nitrogens with zero attached hydrogens (tertiary/aromatic N) is 1. The third-order valence-corrected chi connectivity index (χ3v) is 2.93. The molecule has 0 heterocycles. The summed E-state index contributed by atoms with van der Waals surface area (Å²) in [6.45, 7) is 0. The fourth-order valence-electron chi connectivity index (χ4n) is 1.41. The molecular formula is C12H5BrF3NO3. The van der Waals surface area contributed by atoms with E-state index in [1.54, 1.807) is 0 Å². The van der Waals surface area contributed by atoms with E-state index >= 15 is 0 Å². The highest BCUT2D eigenvalue weighted by atomic mass is 79.9. The molecule has 0 saturated carbocycles. The van der Waals surface area contributed by atoms with Crippen molar-refractivity contribution in [3.8, 4) is 11.5 Å². The SMILES string of the molecule is O=[N+]([O-])c1cc(Br)c(Oc2ccc(F)cc2F)cc1F. The highest BCUT2D eigenvalue weighted by Crippen LogP contribution is 2.35. The highest BCUT2D eigenvalue weighted by Gasteiger charge is 2.19. The maximum atomic E-state index is 13.5. The molecule has 4 nitrogen and oxygen atoms in total. The van der Waals surface area contributed by atoms with Gasteiger partial charge in [0.2, 0.25) is 5.82 Å². The fourth-order valence-corrected chi connectivity index (χ4v) is 1.82. The number of ether oxygens (including phenoxy) is 1. The molecular weight excluding hydrogens is 343 g/mol. The molecule has 2 aromatic carbocycles. The van der Waals surface area contributed by atoms with Gasteiger partial charge in [0.15, 0.2) is 11.6 Å². The standard InChI is InChI=1S/C12H5BrF3NO3/c13-7-4-10(17(18)19)8(15)5-12(7)20-11-2-1-6(14)3-9(11)16/h1-5H. The molecule has 0 unspecified atom stereocenters. The number of rotatable bonds is 3. The Kier molecular flexibility index (Phi) is 3.93. The average molecular weight is 348 g/mol. The number of hydrogen-bond acceptors (Lipinski definition) is 3. The van der Waals surface area contributed by atoms with Crippen LogP contribution in [-0.4, -0.2) is 4.92 Å². The summed E-state index contributed by atoms with van der Waals surface area (Å²) in [5.41, 5.74) is -0.746. The molecule has 0 bridgehead atoms. The van der Waals surface area contributed by atoms with Gasteiger partial charge in [-0.05, 0) is 28.1 Å². The molecule has 0 aliphatic rings. The maximum Gasteiger partial charge on any atom is 0.306 e. The van der Waals surface area contributed by atoms with Gasteiger partial charge in [0.25, 0.3) is 0 Å². The average Bonchev–Trinajstić information content (AvgIpc) is 2.36.